The third-order valence-electron chi connectivity index (χ3n) is 2.86. The molecule has 1 aliphatic rings. The van der Waals surface area contributed by atoms with Gasteiger partial charge < -0.3 is 10.6 Å². The van der Waals surface area contributed by atoms with Crippen molar-refractivity contribution in [3.05, 3.63) is 0 Å². The van der Waals surface area contributed by atoms with Crippen molar-refractivity contribution in [2.75, 3.05) is 20.1 Å². The minimum Gasteiger partial charge on any atom is -0.393 e. The lowest BCUT2D eigenvalue weighted by molar-refractivity contribution is -0.125. The van der Waals surface area contributed by atoms with E-state index < -0.39 is 0 Å². The topological polar surface area (TPSA) is 66.6 Å². The highest BCUT2D eigenvalue weighted by Crippen LogP contribution is 2.22. The maximum atomic E-state index is 11.6. The van der Waals surface area contributed by atoms with E-state index >= 15 is 0 Å². The normalized spacial score (nSPS) is 17.2. The van der Waals surface area contributed by atoms with Crippen LogP contribution in [-0.2, 0) is 4.79 Å². The second kappa shape index (κ2) is 4.37. The van der Waals surface area contributed by atoms with Crippen molar-refractivity contribution in [3.63, 3.8) is 0 Å². The van der Waals surface area contributed by atoms with Gasteiger partial charge in [0.15, 0.2) is 0 Å². The van der Waals surface area contributed by atoms with E-state index in [1.165, 1.54) is 9.80 Å². The quantitative estimate of drug-likeness (QED) is 0.579. The molecule has 0 saturated carbocycles. The summed E-state index contributed by atoms with van der Waals surface area (Å²) in [6, 6.07) is -0.247. The summed E-state index contributed by atoms with van der Waals surface area (Å²) in [5.74, 6) is -0.161. The summed E-state index contributed by atoms with van der Waals surface area (Å²) in [4.78, 5) is 26.1. The maximum absolute atomic E-state index is 11.6. The highest BCUT2D eigenvalue weighted by atomic mass is 32.1. The molecule has 0 unspecified atom stereocenters. The van der Waals surface area contributed by atoms with Crippen molar-refractivity contribution in [2.45, 2.75) is 20.3 Å². The fourth-order valence-corrected chi connectivity index (χ4v) is 1.51. The molecule has 5 nitrogen and oxygen atoms in total. The molecule has 0 aromatic carbocycles. The van der Waals surface area contributed by atoms with Crippen LogP contribution in [-0.4, -0.2) is 46.9 Å². The van der Waals surface area contributed by atoms with E-state index in [-0.39, 0.29) is 23.9 Å². The second-order valence-electron chi connectivity index (χ2n) is 4.68. The smallest absolute Gasteiger partial charge is 0.326 e. The maximum Gasteiger partial charge on any atom is 0.326 e. The standard InChI is InChI=1S/C10H17N3O2S/c1-10(2,8(11)16)4-5-13-7(14)6-12(3)9(13)15/h4-6H2,1-3H3,(H2,11,16). The van der Waals surface area contributed by atoms with Crippen molar-refractivity contribution in [1.29, 1.82) is 0 Å². The number of carbonyl (C=O) groups is 2. The van der Waals surface area contributed by atoms with E-state index in [0.29, 0.717) is 18.0 Å². The first-order valence-corrected chi connectivity index (χ1v) is 5.52. The number of thiocarbonyl (C=S) groups is 1. The molecule has 0 spiro atoms. The van der Waals surface area contributed by atoms with E-state index in [4.69, 9.17) is 18.0 Å². The number of hydrogen-bond acceptors (Lipinski definition) is 3. The molecular weight excluding hydrogens is 226 g/mol. The van der Waals surface area contributed by atoms with Crippen LogP contribution in [0.3, 0.4) is 0 Å². The van der Waals surface area contributed by atoms with Gasteiger partial charge in [-0.2, -0.15) is 0 Å². The molecule has 0 bridgehead atoms. The first-order chi connectivity index (χ1) is 7.25. The van der Waals surface area contributed by atoms with E-state index in [9.17, 15) is 9.59 Å². The minimum absolute atomic E-state index is 0.159. The molecule has 1 heterocycles. The van der Waals surface area contributed by atoms with Crippen LogP contribution in [0.15, 0.2) is 0 Å². The molecular formula is C10H17N3O2S. The summed E-state index contributed by atoms with van der Waals surface area (Å²) in [5.41, 5.74) is 5.25. The van der Waals surface area contributed by atoms with Crippen LogP contribution in [0, 0.1) is 5.41 Å². The molecule has 1 saturated heterocycles. The van der Waals surface area contributed by atoms with Gasteiger partial charge in [0.05, 0.1) is 4.99 Å². The molecule has 1 aliphatic heterocycles. The van der Waals surface area contributed by atoms with Gasteiger partial charge in [-0.1, -0.05) is 26.1 Å². The Kier molecular flexibility index (Phi) is 3.52. The van der Waals surface area contributed by atoms with Gasteiger partial charge in [0, 0.05) is 19.0 Å². The summed E-state index contributed by atoms with van der Waals surface area (Å²) in [7, 11) is 1.61. The molecule has 3 amide bonds. The van der Waals surface area contributed by atoms with Gasteiger partial charge in [-0.25, -0.2) is 4.79 Å². The van der Waals surface area contributed by atoms with E-state index in [0.717, 1.165) is 0 Å². The fraction of sp³-hybridized carbons (Fsp3) is 0.700. The molecule has 90 valence electrons. The number of likely N-dealkylation sites (N-methyl/N-ethyl adjacent to an activating group) is 1. The molecule has 0 aromatic rings. The molecule has 16 heavy (non-hydrogen) atoms. The van der Waals surface area contributed by atoms with Crippen LogP contribution in [0.1, 0.15) is 20.3 Å². The summed E-state index contributed by atoms with van der Waals surface area (Å²) >= 11 is 4.93. The van der Waals surface area contributed by atoms with Crippen LogP contribution in [0.2, 0.25) is 0 Å². The van der Waals surface area contributed by atoms with Crippen molar-refractivity contribution < 1.29 is 9.59 Å². The Hall–Kier alpha value is -1.17. The lowest BCUT2D eigenvalue weighted by atomic mass is 9.89. The molecule has 0 aliphatic carbocycles. The lowest BCUT2D eigenvalue weighted by Gasteiger charge is -2.25. The number of carbonyl (C=O) groups excluding carboxylic acids is 2. The highest BCUT2D eigenvalue weighted by Gasteiger charge is 2.34. The van der Waals surface area contributed by atoms with Crippen molar-refractivity contribution >= 4 is 29.1 Å². The average Bonchev–Trinajstić information content (AvgIpc) is 2.39. The predicted octanol–water partition coefficient (Wildman–Crippen LogP) is 0.583. The monoisotopic (exact) mass is 243 g/mol. The lowest BCUT2D eigenvalue weighted by Crippen LogP contribution is -2.38. The van der Waals surface area contributed by atoms with Crippen LogP contribution in [0.25, 0.3) is 0 Å². The molecule has 6 heteroatoms. The molecule has 0 radical (unpaired) electrons. The summed E-state index contributed by atoms with van der Waals surface area (Å²) in [5, 5.41) is 0. The van der Waals surface area contributed by atoms with Gasteiger partial charge in [-0.3, -0.25) is 9.69 Å². The minimum atomic E-state index is -0.336. The van der Waals surface area contributed by atoms with Crippen molar-refractivity contribution in [1.82, 2.24) is 9.80 Å². The fourth-order valence-electron chi connectivity index (χ4n) is 1.40. The number of imide groups is 1. The van der Waals surface area contributed by atoms with Gasteiger partial charge in [-0.15, -0.1) is 0 Å². The Bertz CT molecular complexity index is 341. The van der Waals surface area contributed by atoms with Gasteiger partial charge in [0.25, 0.3) is 0 Å². The number of nitrogens with two attached hydrogens (primary N) is 1. The number of urea groups is 1. The van der Waals surface area contributed by atoms with Crippen LogP contribution >= 0.6 is 12.2 Å². The Morgan fingerprint density at radius 1 is 1.50 bits per heavy atom. The molecule has 0 atom stereocenters. The van der Waals surface area contributed by atoms with E-state index in [2.05, 4.69) is 0 Å². The van der Waals surface area contributed by atoms with Crippen LogP contribution in [0.4, 0.5) is 4.79 Å². The SMILES string of the molecule is CN1CC(=O)N(CCC(C)(C)C(N)=S)C1=O. The van der Waals surface area contributed by atoms with Gasteiger partial charge in [0.2, 0.25) is 5.91 Å². The number of nitrogens with zero attached hydrogens (tertiary/aromatic N) is 2. The summed E-state index contributed by atoms with van der Waals surface area (Å²) < 4.78 is 0. The first kappa shape index (κ1) is 12.9. The van der Waals surface area contributed by atoms with Crippen LogP contribution in [0.5, 0.6) is 0 Å². The zero-order valence-electron chi connectivity index (χ0n) is 9.82. The van der Waals surface area contributed by atoms with E-state index in [1.54, 1.807) is 7.05 Å². The Morgan fingerprint density at radius 2 is 2.06 bits per heavy atom. The third kappa shape index (κ3) is 2.49. The van der Waals surface area contributed by atoms with Crippen LogP contribution < -0.4 is 5.73 Å². The number of hydrogen-bond donors (Lipinski definition) is 1. The average molecular weight is 243 g/mol. The zero-order chi connectivity index (χ0) is 12.5. The molecule has 1 fully saturated rings. The Balaban J connectivity index is 2.60. The predicted molar refractivity (Wildman–Crippen MR) is 64.9 cm³/mol. The number of amides is 3. The highest BCUT2D eigenvalue weighted by molar-refractivity contribution is 7.80. The van der Waals surface area contributed by atoms with Crippen molar-refractivity contribution in [2.24, 2.45) is 11.1 Å². The molecule has 0 aromatic heterocycles. The molecule has 2 N–H and O–H groups in total. The van der Waals surface area contributed by atoms with Crippen molar-refractivity contribution in [3.8, 4) is 0 Å². The summed E-state index contributed by atoms with van der Waals surface area (Å²) in [6.07, 6.45) is 0.591. The second-order valence-corrected chi connectivity index (χ2v) is 5.12. The zero-order valence-corrected chi connectivity index (χ0v) is 10.6. The summed E-state index contributed by atoms with van der Waals surface area (Å²) in [6.45, 7) is 4.34. The largest absolute Gasteiger partial charge is 0.393 e. The van der Waals surface area contributed by atoms with Gasteiger partial charge in [-0.05, 0) is 6.42 Å². The first-order valence-electron chi connectivity index (χ1n) is 5.11. The van der Waals surface area contributed by atoms with Gasteiger partial charge in [0.1, 0.15) is 6.54 Å². The third-order valence-corrected chi connectivity index (χ3v) is 3.41. The Morgan fingerprint density at radius 3 is 2.44 bits per heavy atom. The van der Waals surface area contributed by atoms with Gasteiger partial charge >= 0.3 is 6.03 Å². The number of rotatable bonds is 4. The Labute approximate surface area is 101 Å². The van der Waals surface area contributed by atoms with E-state index in [1.807, 2.05) is 13.8 Å². The molecule has 1 rings (SSSR count).